The van der Waals surface area contributed by atoms with Crippen LogP contribution in [0.1, 0.15) is 94.4 Å². The number of nitrogens with zero attached hydrogens (tertiary/aromatic N) is 5. The first-order valence-corrected chi connectivity index (χ1v) is 31.7. The van der Waals surface area contributed by atoms with E-state index >= 15 is 14.4 Å². The fourth-order valence-corrected chi connectivity index (χ4v) is 11.8. The number of guanidine groups is 2. The Morgan fingerprint density at radius 1 is 0.684 bits per heavy atom. The minimum Gasteiger partial charge on any atom is -0.391 e. The molecule has 3 aliphatic rings. The Kier molecular flexibility index (Phi) is 26.8. The molecule has 0 bridgehead atoms. The Hall–Kier alpha value is -10.2. The van der Waals surface area contributed by atoms with Crippen LogP contribution in [0.5, 0.6) is 0 Å². The molecule has 33 heteroatoms. The number of fused-ring (bicyclic) bond motifs is 1. The van der Waals surface area contributed by atoms with Gasteiger partial charge in [-0.05, 0) is 68.6 Å². The quantitative estimate of drug-likeness (QED) is 0.0224. The van der Waals surface area contributed by atoms with Crippen molar-refractivity contribution >= 4 is 87.8 Å². The third-order valence-corrected chi connectivity index (χ3v) is 16.6. The average Bonchev–Trinajstić information content (AvgIpc) is 1.82. The first-order chi connectivity index (χ1) is 45.5. The fourth-order valence-electron chi connectivity index (χ4n) is 11.8. The number of amides is 11. The molecule has 0 aliphatic carbocycles. The van der Waals surface area contributed by atoms with E-state index in [1.807, 2.05) is 0 Å². The summed E-state index contributed by atoms with van der Waals surface area (Å²) < 4.78 is 0. The Bertz CT molecular complexity index is 3390. The molecule has 514 valence electrons. The van der Waals surface area contributed by atoms with E-state index in [4.69, 9.17) is 22.9 Å². The second-order valence-corrected chi connectivity index (χ2v) is 23.8. The number of aliphatic hydroxyl groups is 2. The maximum atomic E-state index is 15.3. The number of carbonyl (C=O) groups is 11. The van der Waals surface area contributed by atoms with E-state index in [1.54, 1.807) is 60.8 Å². The number of aliphatic imine (C=N–C) groups is 2. The average molecular weight is 1320 g/mol. The van der Waals surface area contributed by atoms with Crippen molar-refractivity contribution in [2.75, 3.05) is 39.8 Å². The number of likely N-dealkylation sites (N-methyl/N-ethyl adjacent to an activating group) is 1. The number of aromatic amines is 2. The number of rotatable bonds is 20. The number of likely N-dealkylation sites (tertiary alicyclic amines) is 2. The number of β-amino-alcohol motifs (C(OH)–C–C–N with tert-alkyl or cyclic N) is 2. The molecule has 3 fully saturated rings. The van der Waals surface area contributed by atoms with E-state index in [1.165, 1.54) is 26.5 Å². The van der Waals surface area contributed by atoms with Crippen LogP contribution in [0.15, 0.2) is 83.3 Å². The SMILES string of the molecule is CNC(=O)[C@H](CCCN=C(N)N)NC(=O)[C@@H]1C[C@@H](O)CN1C(=O)[C@@H]1C[C@@H](O)CN1C(=O)[C@@H]1CCCCNC(=O)CC[C@H](NC(C)=O)C(=O)N[C@@H](Cc2cnc[nH]2)C(=O)N[C@H](Cc2ccccc2)C(=O)N[C@@H](CCCN=C(N)N)C(=O)N[C@@H](Cc2c[nH]c3ccccc23)C(=O)N1. The highest BCUT2D eigenvalue weighted by Gasteiger charge is 2.48. The van der Waals surface area contributed by atoms with Gasteiger partial charge in [-0.15, -0.1) is 0 Å². The van der Waals surface area contributed by atoms with Crippen molar-refractivity contribution in [1.82, 2.24) is 72.6 Å². The summed E-state index contributed by atoms with van der Waals surface area (Å²) in [6.07, 6.45) is 0.845. The van der Waals surface area contributed by atoms with Gasteiger partial charge in [0.15, 0.2) is 11.9 Å². The number of carbonyl (C=O) groups excluding carboxylic acids is 11. The predicted octanol–water partition coefficient (Wildman–Crippen LogP) is -4.81. The Labute approximate surface area is 547 Å². The molecule has 3 saturated heterocycles. The molecule has 2 aromatic heterocycles. The van der Waals surface area contributed by atoms with Gasteiger partial charge in [-0.25, -0.2) is 4.98 Å². The molecule has 3 aliphatic heterocycles. The Morgan fingerprint density at radius 3 is 1.95 bits per heavy atom. The molecule has 2 aromatic carbocycles. The lowest BCUT2D eigenvalue weighted by Crippen LogP contribution is -2.61. The van der Waals surface area contributed by atoms with Gasteiger partial charge in [-0.1, -0.05) is 48.5 Å². The molecule has 0 saturated carbocycles. The molecular formula is C62H88N20O13. The fraction of sp³-hybridized carbons (Fsp3) is 0.516. The minimum absolute atomic E-state index is 0.00479. The van der Waals surface area contributed by atoms with Crippen LogP contribution < -0.4 is 70.8 Å². The van der Waals surface area contributed by atoms with Crippen LogP contribution >= 0.6 is 0 Å². The molecule has 95 heavy (non-hydrogen) atoms. The number of nitrogens with two attached hydrogens (primary N) is 4. The topological polar surface area (TPSA) is 516 Å². The van der Waals surface area contributed by atoms with Crippen LogP contribution in [-0.4, -0.2) is 218 Å². The lowest BCUT2D eigenvalue weighted by molar-refractivity contribution is -0.148. The van der Waals surface area contributed by atoms with Crippen molar-refractivity contribution in [3.05, 3.63) is 90.1 Å². The van der Waals surface area contributed by atoms with Crippen molar-refractivity contribution in [1.29, 1.82) is 0 Å². The van der Waals surface area contributed by atoms with Crippen LogP contribution in [0, 0.1) is 0 Å². The van der Waals surface area contributed by atoms with Gasteiger partial charge in [0, 0.05) is 114 Å². The number of hydrogen-bond acceptors (Lipinski definition) is 16. The van der Waals surface area contributed by atoms with Crippen LogP contribution in [0.4, 0.5) is 0 Å². The minimum atomic E-state index is -1.52. The molecule has 4 aromatic rings. The third kappa shape index (κ3) is 21.4. The second-order valence-electron chi connectivity index (χ2n) is 23.8. The summed E-state index contributed by atoms with van der Waals surface area (Å²) >= 11 is 0. The van der Waals surface area contributed by atoms with Crippen LogP contribution in [-0.2, 0) is 72.0 Å². The number of para-hydroxylation sites is 1. The lowest BCUT2D eigenvalue weighted by Gasteiger charge is -2.33. The van der Waals surface area contributed by atoms with E-state index < -0.39 is 138 Å². The molecule has 11 atom stereocenters. The van der Waals surface area contributed by atoms with E-state index in [2.05, 4.69) is 72.8 Å². The molecule has 0 unspecified atom stereocenters. The third-order valence-electron chi connectivity index (χ3n) is 16.6. The molecule has 21 N–H and O–H groups in total. The smallest absolute Gasteiger partial charge is 0.246 e. The van der Waals surface area contributed by atoms with Crippen molar-refractivity contribution in [3.8, 4) is 0 Å². The summed E-state index contributed by atoms with van der Waals surface area (Å²) in [6.45, 7) is 0.562. The Balaban J connectivity index is 1.24. The highest BCUT2D eigenvalue weighted by molar-refractivity contribution is 5.99. The number of benzene rings is 2. The number of H-pyrrole nitrogens is 2. The highest BCUT2D eigenvalue weighted by atomic mass is 16.3. The largest absolute Gasteiger partial charge is 0.391 e. The zero-order valence-electron chi connectivity index (χ0n) is 53.1. The predicted molar refractivity (Wildman–Crippen MR) is 346 cm³/mol. The monoisotopic (exact) mass is 1320 g/mol. The molecule has 33 nitrogen and oxygen atoms in total. The van der Waals surface area contributed by atoms with E-state index in [-0.39, 0.29) is 128 Å². The summed E-state index contributed by atoms with van der Waals surface area (Å²) in [5.41, 5.74) is 24.5. The molecule has 5 heterocycles. The molecule has 0 radical (unpaired) electrons. The summed E-state index contributed by atoms with van der Waals surface area (Å²) in [6, 6.07) is 3.21. The maximum Gasteiger partial charge on any atom is 0.246 e. The van der Waals surface area contributed by atoms with Gasteiger partial charge in [-0.3, -0.25) is 62.7 Å². The van der Waals surface area contributed by atoms with Crippen LogP contribution in [0.3, 0.4) is 0 Å². The zero-order chi connectivity index (χ0) is 68.7. The van der Waals surface area contributed by atoms with Gasteiger partial charge < -0.3 is 101 Å². The summed E-state index contributed by atoms with van der Waals surface area (Å²) in [5, 5.41) is 47.3. The van der Waals surface area contributed by atoms with Crippen molar-refractivity contribution < 1.29 is 63.0 Å². The highest BCUT2D eigenvalue weighted by Crippen LogP contribution is 2.28. The first kappa shape index (κ1) is 72.2. The van der Waals surface area contributed by atoms with Gasteiger partial charge in [-0.2, -0.15) is 0 Å². The van der Waals surface area contributed by atoms with Crippen LogP contribution in [0.2, 0.25) is 0 Å². The van der Waals surface area contributed by atoms with E-state index in [0.717, 1.165) is 9.80 Å². The summed E-state index contributed by atoms with van der Waals surface area (Å²) in [5.74, 6) is -8.89. The maximum absolute atomic E-state index is 15.3. The normalized spacial score (nSPS) is 24.0. The molecule has 0 spiro atoms. The lowest BCUT2D eigenvalue weighted by atomic mass is 10.0. The van der Waals surface area contributed by atoms with Gasteiger partial charge in [0.25, 0.3) is 0 Å². The summed E-state index contributed by atoms with van der Waals surface area (Å²) in [7, 11) is 1.38. The molecular weight excluding hydrogens is 1230 g/mol. The van der Waals surface area contributed by atoms with Gasteiger partial charge in [0.05, 0.1) is 18.5 Å². The number of nitrogens with one attached hydrogen (secondary N) is 11. The number of imidazole rings is 1. The van der Waals surface area contributed by atoms with E-state index in [0.29, 0.717) is 27.7 Å². The standard InChI is InChI=1S/C62H88N20O13/c1-34(83)74-44-19-20-51(86)69-21-9-8-16-45(59(94)82-32-39(85)28-50(82)60(95)81-31-38(84)27-49(81)58(93)76-42(52(87)67-2)17-10-22-70-61(63)64)77-56(91)47(25-36-29-72-41-15-7-6-14-40(36)41)79-53(88)43(18-11-23-71-62(65)66)75-55(90)46(24-35-12-4-3-5-13-35)78-57(92)48(80-54(44)89)26-37-30-68-33-73-37/h3-7,12-15,29-30,33,38-39,42-50,72,84-85H,8-11,16-28,31-32H2,1-2H3,(H,67,87)(H,68,73)(H,69,86)(H,74,83)(H,75,90)(H,76,93)(H,77,91)(H,78,92)(H,79,88)(H,80,89)(H4,63,64,70)(H4,65,66,71)/t38-,39-,42+,43+,44+,45+,46-,47+,48+,49+,50+/m1/s1. The van der Waals surface area contributed by atoms with Gasteiger partial charge >= 0.3 is 0 Å². The molecule has 11 amide bonds. The molecule has 7 rings (SSSR count). The number of aromatic nitrogens is 3. The van der Waals surface area contributed by atoms with Crippen molar-refractivity contribution in [2.45, 2.75) is 163 Å². The number of hydrogen-bond donors (Lipinski definition) is 17. The van der Waals surface area contributed by atoms with E-state index in [9.17, 15) is 48.6 Å². The van der Waals surface area contributed by atoms with Crippen LogP contribution in [0.25, 0.3) is 10.9 Å². The summed E-state index contributed by atoms with van der Waals surface area (Å²) in [4.78, 5) is 178. The van der Waals surface area contributed by atoms with Crippen molar-refractivity contribution in [3.63, 3.8) is 0 Å². The second kappa shape index (κ2) is 35.2. The first-order valence-electron chi connectivity index (χ1n) is 31.7. The Morgan fingerprint density at radius 2 is 1.28 bits per heavy atom. The van der Waals surface area contributed by atoms with Gasteiger partial charge in [0.1, 0.15) is 54.4 Å². The number of aliphatic hydroxyl groups excluding tert-OH is 2. The van der Waals surface area contributed by atoms with Crippen molar-refractivity contribution in [2.24, 2.45) is 32.9 Å². The zero-order valence-corrected chi connectivity index (χ0v) is 53.1. The van der Waals surface area contributed by atoms with Gasteiger partial charge in [0.2, 0.25) is 65.0 Å².